The molecular formula is C22H19ClF2N4O7S2. The summed E-state index contributed by atoms with van der Waals surface area (Å²) in [6.45, 7) is -1.28. The van der Waals surface area contributed by atoms with E-state index in [-0.39, 0.29) is 23.7 Å². The maximum atomic E-state index is 14.8. The second-order valence-corrected chi connectivity index (χ2v) is 11.7. The Labute approximate surface area is 222 Å². The number of nitrogens with zero attached hydrogens (tertiary/aromatic N) is 2. The van der Waals surface area contributed by atoms with Gasteiger partial charge in [0.1, 0.15) is 27.7 Å². The van der Waals surface area contributed by atoms with E-state index >= 15 is 0 Å². The molecule has 2 atom stereocenters. The number of hydrogen-bond donors (Lipinski definition) is 3. The lowest BCUT2D eigenvalue weighted by Crippen LogP contribution is -2.60. The monoisotopic (exact) mass is 588 g/mol. The number of rotatable bonds is 7. The summed E-state index contributed by atoms with van der Waals surface area (Å²) in [6, 6.07) is 8.05. The Morgan fingerprint density at radius 3 is 2.42 bits per heavy atom. The molecule has 0 aliphatic carbocycles. The number of halogens is 3. The fraction of sp³-hybridized carbons (Fsp3) is 0.182. The van der Waals surface area contributed by atoms with E-state index in [1.54, 1.807) is 0 Å². The molecule has 38 heavy (non-hydrogen) atoms. The quantitative estimate of drug-likeness (QED) is 0.282. The Kier molecular flexibility index (Phi) is 8.25. The summed E-state index contributed by atoms with van der Waals surface area (Å²) in [6.07, 6.45) is 1.24. The molecule has 2 heterocycles. The minimum Gasteiger partial charge on any atom is -0.451 e. The standard InChI is InChI=1S/C22H19ClF2N4O7S2/c23-13-3-5-14(6-4-13)36-20-16(24)10-15(11-17(20)25)37(33)29-9-8-28(12-18(29)21(30)27-32)38(34,35)19-2-1-7-26-22(19)31/h1-7,10-11,18,32H,8-9,12H2,(H,26,31)(H,27,30)/t18-,37?/m1/s1. The highest BCUT2D eigenvalue weighted by molar-refractivity contribution is 7.89. The van der Waals surface area contributed by atoms with Gasteiger partial charge in [0.2, 0.25) is 10.0 Å². The van der Waals surface area contributed by atoms with Crippen molar-refractivity contribution in [1.29, 1.82) is 0 Å². The van der Waals surface area contributed by atoms with Gasteiger partial charge in [0, 0.05) is 30.9 Å². The Morgan fingerprint density at radius 1 is 1.16 bits per heavy atom. The molecule has 1 saturated heterocycles. The van der Waals surface area contributed by atoms with Crippen molar-refractivity contribution in [2.24, 2.45) is 0 Å². The van der Waals surface area contributed by atoms with Crippen LogP contribution < -0.4 is 15.8 Å². The molecule has 16 heteroatoms. The van der Waals surface area contributed by atoms with Crippen LogP contribution in [-0.4, -0.2) is 63.0 Å². The molecule has 1 unspecified atom stereocenters. The van der Waals surface area contributed by atoms with Crippen LogP contribution in [0.1, 0.15) is 0 Å². The molecule has 1 amide bonds. The van der Waals surface area contributed by atoms with Gasteiger partial charge in [0.25, 0.3) is 11.5 Å². The molecule has 0 spiro atoms. The average Bonchev–Trinajstić information content (AvgIpc) is 2.90. The van der Waals surface area contributed by atoms with E-state index in [2.05, 4.69) is 4.98 Å². The zero-order chi connectivity index (χ0) is 27.6. The molecule has 4 rings (SSSR count). The van der Waals surface area contributed by atoms with Crippen LogP contribution in [0.5, 0.6) is 11.5 Å². The zero-order valence-electron chi connectivity index (χ0n) is 19.1. The van der Waals surface area contributed by atoms with Crippen molar-refractivity contribution in [3.63, 3.8) is 0 Å². The first kappa shape index (κ1) is 27.8. The number of H-pyrrole nitrogens is 1. The first-order valence-corrected chi connectivity index (χ1v) is 13.7. The summed E-state index contributed by atoms with van der Waals surface area (Å²) in [5, 5.41) is 9.58. The van der Waals surface area contributed by atoms with Crippen molar-refractivity contribution in [3.05, 3.63) is 81.7 Å². The van der Waals surface area contributed by atoms with E-state index in [4.69, 9.17) is 16.3 Å². The van der Waals surface area contributed by atoms with E-state index in [1.807, 2.05) is 0 Å². The van der Waals surface area contributed by atoms with Crippen molar-refractivity contribution in [2.75, 3.05) is 19.6 Å². The van der Waals surface area contributed by atoms with Gasteiger partial charge in [-0.15, -0.1) is 0 Å². The van der Waals surface area contributed by atoms with Crippen LogP contribution in [0.25, 0.3) is 0 Å². The first-order valence-electron chi connectivity index (χ1n) is 10.8. The number of hydrogen-bond acceptors (Lipinski definition) is 7. The molecule has 1 fully saturated rings. The second kappa shape index (κ2) is 11.3. The topological polar surface area (TPSA) is 149 Å². The number of benzene rings is 2. The molecule has 0 bridgehead atoms. The molecule has 1 aliphatic heterocycles. The Balaban J connectivity index is 1.60. The van der Waals surface area contributed by atoms with Crippen LogP contribution in [0.15, 0.2) is 69.3 Å². The van der Waals surface area contributed by atoms with E-state index in [1.165, 1.54) is 42.0 Å². The van der Waals surface area contributed by atoms with Crippen LogP contribution in [0.3, 0.4) is 0 Å². The van der Waals surface area contributed by atoms with Crippen molar-refractivity contribution < 1.29 is 36.1 Å². The highest BCUT2D eigenvalue weighted by Gasteiger charge is 2.41. The zero-order valence-corrected chi connectivity index (χ0v) is 21.5. The van der Waals surface area contributed by atoms with Crippen LogP contribution in [0.2, 0.25) is 5.02 Å². The van der Waals surface area contributed by atoms with E-state index in [0.717, 1.165) is 26.8 Å². The SMILES string of the molecule is O=C(NO)[C@H]1CN(S(=O)(=O)c2ccc[nH]c2=O)CCN1S(=O)c1cc(F)c(Oc2ccc(Cl)cc2)c(F)c1. The summed E-state index contributed by atoms with van der Waals surface area (Å²) < 4.78 is 75.9. The second-order valence-electron chi connectivity index (χ2n) is 7.88. The molecule has 0 saturated carbocycles. The third-order valence-electron chi connectivity index (χ3n) is 5.53. The molecule has 3 N–H and O–H groups in total. The molecule has 0 radical (unpaired) electrons. The minimum atomic E-state index is -4.38. The number of carbonyl (C=O) groups excluding carboxylic acids is 1. The maximum absolute atomic E-state index is 14.8. The lowest BCUT2D eigenvalue weighted by atomic mass is 10.2. The number of piperazine rings is 1. The molecule has 1 aliphatic rings. The molecule has 1 aromatic heterocycles. The van der Waals surface area contributed by atoms with Gasteiger partial charge < -0.3 is 9.72 Å². The predicted molar refractivity (Wildman–Crippen MR) is 131 cm³/mol. The summed E-state index contributed by atoms with van der Waals surface area (Å²) in [7, 11) is -6.75. The number of sulfonamides is 1. The van der Waals surface area contributed by atoms with Crippen LogP contribution in [-0.2, 0) is 25.8 Å². The number of aromatic nitrogens is 1. The minimum absolute atomic E-state index is 0.0929. The Bertz CT molecular complexity index is 1530. The molecule has 3 aromatic rings. The Hall–Kier alpha value is -3.21. The summed E-state index contributed by atoms with van der Waals surface area (Å²) in [5.41, 5.74) is 0.494. The highest BCUT2D eigenvalue weighted by Crippen LogP contribution is 2.31. The molecule has 202 valence electrons. The molecule has 11 nitrogen and oxygen atoms in total. The third-order valence-corrected chi connectivity index (χ3v) is 9.17. The number of amides is 1. The number of nitrogens with one attached hydrogen (secondary N) is 2. The number of ether oxygens (including phenoxy) is 1. The van der Waals surface area contributed by atoms with Gasteiger partial charge in [-0.1, -0.05) is 11.6 Å². The van der Waals surface area contributed by atoms with E-state index in [9.17, 15) is 36.2 Å². The number of aromatic amines is 1. The van der Waals surface area contributed by atoms with Gasteiger partial charge in [-0.25, -0.2) is 31.2 Å². The maximum Gasteiger partial charge on any atom is 0.268 e. The van der Waals surface area contributed by atoms with Crippen LogP contribution in [0.4, 0.5) is 8.78 Å². The van der Waals surface area contributed by atoms with Crippen molar-refractivity contribution in [2.45, 2.75) is 15.8 Å². The van der Waals surface area contributed by atoms with Crippen molar-refractivity contribution in [3.8, 4) is 11.5 Å². The lowest BCUT2D eigenvalue weighted by Gasteiger charge is -2.38. The smallest absolute Gasteiger partial charge is 0.268 e. The summed E-state index contributed by atoms with van der Waals surface area (Å²) in [5.74, 6) is -4.16. The summed E-state index contributed by atoms with van der Waals surface area (Å²) >= 11 is 5.79. The average molecular weight is 589 g/mol. The number of hydroxylamine groups is 1. The van der Waals surface area contributed by atoms with Gasteiger partial charge in [-0.2, -0.15) is 4.31 Å². The summed E-state index contributed by atoms with van der Waals surface area (Å²) in [4.78, 5) is 25.7. The van der Waals surface area contributed by atoms with Crippen molar-refractivity contribution in [1.82, 2.24) is 19.1 Å². The first-order chi connectivity index (χ1) is 18.0. The molecule has 2 aromatic carbocycles. The van der Waals surface area contributed by atoms with Gasteiger partial charge in [0.15, 0.2) is 17.4 Å². The number of carbonyl (C=O) groups is 1. The predicted octanol–water partition coefficient (Wildman–Crippen LogP) is 2.00. The fourth-order valence-electron chi connectivity index (χ4n) is 3.69. The lowest BCUT2D eigenvalue weighted by molar-refractivity contribution is -0.134. The van der Waals surface area contributed by atoms with Gasteiger partial charge >= 0.3 is 0 Å². The van der Waals surface area contributed by atoms with Gasteiger partial charge in [-0.05, 0) is 48.5 Å². The highest BCUT2D eigenvalue weighted by atomic mass is 35.5. The Morgan fingerprint density at radius 2 is 1.82 bits per heavy atom. The largest absolute Gasteiger partial charge is 0.451 e. The molecular weight excluding hydrogens is 570 g/mol. The van der Waals surface area contributed by atoms with Gasteiger partial charge in [-0.3, -0.25) is 14.8 Å². The van der Waals surface area contributed by atoms with E-state index < -0.39 is 67.3 Å². The van der Waals surface area contributed by atoms with Crippen molar-refractivity contribution >= 4 is 38.5 Å². The normalized spacial score (nSPS) is 17.6. The van der Waals surface area contributed by atoms with Crippen LogP contribution >= 0.6 is 11.6 Å². The third kappa shape index (κ3) is 5.62. The fourth-order valence-corrected chi connectivity index (χ4v) is 6.61. The van der Waals surface area contributed by atoms with E-state index in [0.29, 0.717) is 5.02 Å². The van der Waals surface area contributed by atoms with Crippen LogP contribution in [0, 0.1) is 11.6 Å². The number of pyridine rings is 1. The van der Waals surface area contributed by atoms with Gasteiger partial charge in [0.05, 0.1) is 4.90 Å².